The highest BCUT2D eigenvalue weighted by Crippen LogP contribution is 2.22. The molecule has 1 aromatic rings. The van der Waals surface area contributed by atoms with Gasteiger partial charge in [-0.05, 0) is 18.1 Å². The highest BCUT2D eigenvalue weighted by molar-refractivity contribution is 5.80. The standard InChI is InChI=1S/C11H12F3NO/c12-11(13,14)5-1-4-10(16)7-9-3-2-6-15-8-9/h2-3,6,8H,1,4-5,7H2. The number of Topliss-reactive ketones (excluding diaryl/α,β-unsaturated/α-hetero) is 1. The zero-order valence-corrected chi connectivity index (χ0v) is 8.63. The first-order chi connectivity index (χ1) is 7.47. The number of carbonyl (C=O) groups is 1. The fraction of sp³-hybridized carbons (Fsp3) is 0.455. The fourth-order valence-electron chi connectivity index (χ4n) is 1.30. The van der Waals surface area contributed by atoms with Gasteiger partial charge in [0, 0.05) is 31.7 Å². The lowest BCUT2D eigenvalue weighted by atomic mass is 10.1. The van der Waals surface area contributed by atoms with Crippen LogP contribution in [0.4, 0.5) is 13.2 Å². The summed E-state index contributed by atoms with van der Waals surface area (Å²) in [5.74, 6) is -0.183. The van der Waals surface area contributed by atoms with Gasteiger partial charge in [-0.15, -0.1) is 0 Å². The van der Waals surface area contributed by atoms with E-state index in [2.05, 4.69) is 4.98 Å². The summed E-state index contributed by atoms with van der Waals surface area (Å²) in [6.07, 6.45) is -1.96. The van der Waals surface area contributed by atoms with Gasteiger partial charge in [-0.2, -0.15) is 13.2 Å². The third kappa shape index (κ3) is 5.48. The number of nitrogens with zero attached hydrogens (tertiary/aromatic N) is 1. The lowest BCUT2D eigenvalue weighted by molar-refractivity contribution is -0.137. The van der Waals surface area contributed by atoms with E-state index in [1.807, 2.05) is 0 Å². The first-order valence-corrected chi connectivity index (χ1v) is 4.95. The van der Waals surface area contributed by atoms with Gasteiger partial charge in [-0.3, -0.25) is 9.78 Å². The van der Waals surface area contributed by atoms with Gasteiger partial charge in [-0.1, -0.05) is 6.07 Å². The number of rotatable bonds is 5. The molecular formula is C11H12F3NO. The summed E-state index contributed by atoms with van der Waals surface area (Å²) in [5, 5.41) is 0. The number of ketones is 1. The number of pyridine rings is 1. The van der Waals surface area contributed by atoms with E-state index in [1.54, 1.807) is 24.5 Å². The molecule has 0 aliphatic rings. The minimum Gasteiger partial charge on any atom is -0.299 e. The van der Waals surface area contributed by atoms with Crippen LogP contribution >= 0.6 is 0 Å². The third-order valence-electron chi connectivity index (χ3n) is 2.04. The fourth-order valence-corrected chi connectivity index (χ4v) is 1.30. The molecule has 0 bridgehead atoms. The Morgan fingerprint density at radius 3 is 2.69 bits per heavy atom. The molecule has 5 heteroatoms. The SMILES string of the molecule is O=C(CCCC(F)(F)F)Cc1cccnc1. The molecule has 0 aliphatic carbocycles. The first kappa shape index (κ1) is 12.7. The molecule has 16 heavy (non-hydrogen) atoms. The number of carbonyl (C=O) groups excluding carboxylic acids is 1. The van der Waals surface area contributed by atoms with Crippen molar-refractivity contribution in [2.75, 3.05) is 0 Å². The van der Waals surface area contributed by atoms with Crippen LogP contribution in [-0.4, -0.2) is 16.9 Å². The van der Waals surface area contributed by atoms with Crippen LogP contribution in [0.2, 0.25) is 0 Å². The number of hydrogen-bond acceptors (Lipinski definition) is 2. The molecule has 2 nitrogen and oxygen atoms in total. The zero-order valence-electron chi connectivity index (χ0n) is 8.63. The lowest BCUT2D eigenvalue weighted by Crippen LogP contribution is -2.09. The quantitative estimate of drug-likeness (QED) is 0.779. The Bertz CT molecular complexity index is 335. The van der Waals surface area contributed by atoms with Crippen molar-refractivity contribution in [2.45, 2.75) is 31.9 Å². The molecule has 1 aromatic heterocycles. The molecule has 0 N–H and O–H groups in total. The van der Waals surface area contributed by atoms with Crippen LogP contribution < -0.4 is 0 Å². The van der Waals surface area contributed by atoms with Gasteiger partial charge >= 0.3 is 6.18 Å². The maximum atomic E-state index is 11.8. The van der Waals surface area contributed by atoms with Crippen molar-refractivity contribution in [3.63, 3.8) is 0 Å². The van der Waals surface area contributed by atoms with Crippen LogP contribution in [0.5, 0.6) is 0 Å². The van der Waals surface area contributed by atoms with Crippen LogP contribution in [0.15, 0.2) is 24.5 Å². The summed E-state index contributed by atoms with van der Waals surface area (Å²) >= 11 is 0. The number of aromatic nitrogens is 1. The van der Waals surface area contributed by atoms with E-state index in [0.717, 1.165) is 5.56 Å². The molecular weight excluding hydrogens is 219 g/mol. The molecule has 0 fully saturated rings. The second-order valence-electron chi connectivity index (χ2n) is 3.55. The summed E-state index contributed by atoms with van der Waals surface area (Å²) < 4.78 is 35.4. The van der Waals surface area contributed by atoms with Gasteiger partial charge in [0.15, 0.2) is 0 Å². The smallest absolute Gasteiger partial charge is 0.299 e. The minimum atomic E-state index is -4.17. The van der Waals surface area contributed by atoms with Crippen molar-refractivity contribution in [3.05, 3.63) is 30.1 Å². The predicted octanol–water partition coefficient (Wildman–Crippen LogP) is 2.93. The van der Waals surface area contributed by atoms with Crippen molar-refractivity contribution < 1.29 is 18.0 Å². The summed E-state index contributed by atoms with van der Waals surface area (Å²) in [5.41, 5.74) is 0.736. The second kappa shape index (κ2) is 5.63. The highest BCUT2D eigenvalue weighted by Gasteiger charge is 2.26. The minimum absolute atomic E-state index is 0.0333. The Labute approximate surface area is 91.5 Å². The topological polar surface area (TPSA) is 30.0 Å². The van der Waals surface area contributed by atoms with Crippen molar-refractivity contribution in [1.82, 2.24) is 4.98 Å². The summed E-state index contributed by atoms with van der Waals surface area (Å²) in [6, 6.07) is 3.42. The maximum Gasteiger partial charge on any atom is 0.389 e. The normalized spacial score (nSPS) is 11.4. The molecule has 0 spiro atoms. The van der Waals surface area contributed by atoms with Gasteiger partial charge in [0.25, 0.3) is 0 Å². The van der Waals surface area contributed by atoms with Crippen LogP contribution in [0, 0.1) is 0 Å². The third-order valence-corrected chi connectivity index (χ3v) is 2.04. The van der Waals surface area contributed by atoms with E-state index < -0.39 is 12.6 Å². The molecule has 0 aliphatic heterocycles. The Hall–Kier alpha value is -1.39. The summed E-state index contributed by atoms with van der Waals surface area (Å²) in [7, 11) is 0. The Morgan fingerprint density at radius 1 is 1.38 bits per heavy atom. The molecule has 0 saturated heterocycles. The van der Waals surface area contributed by atoms with Gasteiger partial charge in [0.2, 0.25) is 0 Å². The van der Waals surface area contributed by atoms with Crippen molar-refractivity contribution in [1.29, 1.82) is 0 Å². The first-order valence-electron chi connectivity index (χ1n) is 4.95. The monoisotopic (exact) mass is 231 g/mol. The van der Waals surface area contributed by atoms with Gasteiger partial charge < -0.3 is 0 Å². The Balaban J connectivity index is 2.27. The van der Waals surface area contributed by atoms with Gasteiger partial charge in [0.05, 0.1) is 0 Å². The van der Waals surface area contributed by atoms with Crippen molar-refractivity contribution >= 4 is 5.78 Å². The highest BCUT2D eigenvalue weighted by atomic mass is 19.4. The predicted molar refractivity (Wildman–Crippen MR) is 52.9 cm³/mol. The maximum absolute atomic E-state index is 11.8. The molecule has 0 aromatic carbocycles. The zero-order chi connectivity index (χ0) is 12.0. The summed E-state index contributed by atoms with van der Waals surface area (Å²) in [6.45, 7) is 0. The number of alkyl halides is 3. The van der Waals surface area contributed by atoms with Crippen LogP contribution in [-0.2, 0) is 11.2 Å². The van der Waals surface area contributed by atoms with Crippen molar-refractivity contribution in [2.24, 2.45) is 0 Å². The van der Waals surface area contributed by atoms with Gasteiger partial charge in [0.1, 0.15) is 5.78 Å². The van der Waals surface area contributed by atoms with E-state index in [4.69, 9.17) is 0 Å². The van der Waals surface area contributed by atoms with E-state index in [-0.39, 0.29) is 25.0 Å². The largest absolute Gasteiger partial charge is 0.389 e. The van der Waals surface area contributed by atoms with Crippen LogP contribution in [0.1, 0.15) is 24.8 Å². The number of halogens is 3. The van der Waals surface area contributed by atoms with Crippen molar-refractivity contribution in [3.8, 4) is 0 Å². The number of hydrogen-bond donors (Lipinski definition) is 0. The molecule has 1 heterocycles. The molecule has 0 amide bonds. The average Bonchev–Trinajstić information content (AvgIpc) is 2.17. The Kier molecular flexibility index (Phi) is 4.46. The van der Waals surface area contributed by atoms with E-state index in [0.29, 0.717) is 0 Å². The molecule has 1 rings (SSSR count). The van der Waals surface area contributed by atoms with E-state index >= 15 is 0 Å². The molecule has 0 atom stereocenters. The van der Waals surface area contributed by atoms with E-state index in [9.17, 15) is 18.0 Å². The molecule has 0 saturated carbocycles. The van der Waals surface area contributed by atoms with E-state index in [1.165, 1.54) is 0 Å². The average molecular weight is 231 g/mol. The second-order valence-corrected chi connectivity index (χ2v) is 3.55. The summed E-state index contributed by atoms with van der Waals surface area (Å²) in [4.78, 5) is 15.1. The Morgan fingerprint density at radius 2 is 2.12 bits per heavy atom. The van der Waals surface area contributed by atoms with Crippen LogP contribution in [0.25, 0.3) is 0 Å². The van der Waals surface area contributed by atoms with Crippen LogP contribution in [0.3, 0.4) is 0 Å². The molecule has 0 radical (unpaired) electrons. The molecule has 88 valence electrons. The lowest BCUT2D eigenvalue weighted by Gasteiger charge is -2.05. The van der Waals surface area contributed by atoms with Gasteiger partial charge in [-0.25, -0.2) is 0 Å². The molecule has 0 unspecified atom stereocenters.